The number of ether oxygens (including phenoxy) is 3. The van der Waals surface area contributed by atoms with Crippen molar-refractivity contribution in [3.8, 4) is 11.6 Å². The van der Waals surface area contributed by atoms with E-state index in [9.17, 15) is 4.79 Å². The quantitative estimate of drug-likeness (QED) is 0.211. The third kappa shape index (κ3) is 6.84. The molecule has 6 rings (SSSR count). The number of piperazine rings is 1. The molecule has 2 aliphatic heterocycles. The Kier molecular flexibility index (Phi) is 8.93. The van der Waals surface area contributed by atoms with Gasteiger partial charge in [0.25, 0.3) is 0 Å². The van der Waals surface area contributed by atoms with Gasteiger partial charge < -0.3 is 19.1 Å². The third-order valence-corrected chi connectivity index (χ3v) is 9.31. The molecule has 2 fully saturated rings. The van der Waals surface area contributed by atoms with Gasteiger partial charge in [-0.2, -0.15) is 0 Å². The van der Waals surface area contributed by atoms with Crippen molar-refractivity contribution in [2.45, 2.75) is 62.4 Å². The molecule has 0 spiro atoms. The van der Waals surface area contributed by atoms with Crippen molar-refractivity contribution in [2.24, 2.45) is 0 Å². The largest absolute Gasteiger partial charge is 0.515 e. The first-order valence-electron chi connectivity index (χ1n) is 14.9. The number of hydrogen-bond donors (Lipinski definition) is 0. The van der Waals surface area contributed by atoms with Crippen molar-refractivity contribution in [2.75, 3.05) is 50.0 Å². The number of carbonyl (C=O) groups is 1. The number of benzene rings is 2. The first-order chi connectivity index (χ1) is 19.7. The van der Waals surface area contributed by atoms with Crippen LogP contribution in [0.3, 0.4) is 0 Å². The molecule has 40 heavy (non-hydrogen) atoms. The fourth-order valence-corrected chi connectivity index (χ4v) is 7.07. The Morgan fingerprint density at radius 3 is 2.70 bits per heavy atom. The van der Waals surface area contributed by atoms with Gasteiger partial charge in [0.2, 0.25) is 5.88 Å². The highest BCUT2D eigenvalue weighted by molar-refractivity contribution is 7.99. The van der Waals surface area contributed by atoms with E-state index in [1.54, 1.807) is 11.6 Å². The normalized spacial score (nSPS) is 18.1. The molecule has 3 aliphatic rings. The van der Waals surface area contributed by atoms with Crippen molar-refractivity contribution < 1.29 is 19.0 Å². The standard InChI is InChI=1S/C32H39N3O4S/c36-32(38-25-7-2-1-3-8-25)39-31-14-12-24-11-13-26(23-28(24)33-31)37-21-5-4-16-34-17-19-35(20-18-34)29-9-6-10-30-27(29)15-22-40-30/h6,9-14,23,25H,1-5,7-8,15-22H2. The number of rotatable bonds is 9. The molecule has 0 amide bonds. The highest BCUT2D eigenvalue weighted by Crippen LogP contribution is 2.37. The summed E-state index contributed by atoms with van der Waals surface area (Å²) in [4.78, 5) is 23.3. The molecule has 0 atom stereocenters. The molecule has 212 valence electrons. The summed E-state index contributed by atoms with van der Waals surface area (Å²) in [5.74, 6) is 2.25. The third-order valence-electron chi connectivity index (χ3n) is 8.21. The zero-order chi connectivity index (χ0) is 27.1. The summed E-state index contributed by atoms with van der Waals surface area (Å²) in [5, 5.41) is 0.971. The van der Waals surface area contributed by atoms with Crippen molar-refractivity contribution in [1.29, 1.82) is 0 Å². The van der Waals surface area contributed by atoms with Gasteiger partial charge in [0.1, 0.15) is 11.9 Å². The highest BCUT2D eigenvalue weighted by atomic mass is 32.2. The van der Waals surface area contributed by atoms with Crippen LogP contribution in [0.25, 0.3) is 10.9 Å². The number of anilines is 1. The molecule has 1 aromatic heterocycles. The van der Waals surface area contributed by atoms with Crippen LogP contribution in [0.2, 0.25) is 0 Å². The van der Waals surface area contributed by atoms with Crippen LogP contribution in [0.5, 0.6) is 11.6 Å². The summed E-state index contributed by atoms with van der Waals surface area (Å²) in [7, 11) is 0. The monoisotopic (exact) mass is 561 g/mol. The van der Waals surface area contributed by atoms with E-state index >= 15 is 0 Å². The van der Waals surface area contributed by atoms with Gasteiger partial charge in [-0.15, -0.1) is 11.8 Å². The van der Waals surface area contributed by atoms with E-state index in [1.807, 2.05) is 36.0 Å². The van der Waals surface area contributed by atoms with E-state index in [0.29, 0.717) is 6.61 Å². The summed E-state index contributed by atoms with van der Waals surface area (Å²) < 4.78 is 16.9. The minimum Gasteiger partial charge on any atom is -0.494 e. The topological polar surface area (TPSA) is 64.1 Å². The fraction of sp³-hybridized carbons (Fsp3) is 0.500. The Morgan fingerprint density at radius 1 is 0.975 bits per heavy atom. The van der Waals surface area contributed by atoms with E-state index in [-0.39, 0.29) is 12.0 Å². The predicted molar refractivity (Wildman–Crippen MR) is 160 cm³/mol. The lowest BCUT2D eigenvalue weighted by Gasteiger charge is -2.37. The molecule has 3 aromatic rings. The van der Waals surface area contributed by atoms with Crippen LogP contribution in [0.15, 0.2) is 53.4 Å². The van der Waals surface area contributed by atoms with Gasteiger partial charge in [-0.3, -0.25) is 4.90 Å². The van der Waals surface area contributed by atoms with Crippen molar-refractivity contribution in [3.05, 3.63) is 54.1 Å². The van der Waals surface area contributed by atoms with Gasteiger partial charge in [-0.1, -0.05) is 12.5 Å². The molecule has 1 aliphatic carbocycles. The maximum Gasteiger partial charge on any atom is 0.515 e. The Bertz CT molecular complexity index is 1300. The smallest absolute Gasteiger partial charge is 0.494 e. The van der Waals surface area contributed by atoms with Crippen molar-refractivity contribution >= 4 is 34.5 Å². The van der Waals surface area contributed by atoms with Crippen LogP contribution in [0.4, 0.5) is 10.5 Å². The van der Waals surface area contributed by atoms with E-state index in [2.05, 4.69) is 33.0 Å². The van der Waals surface area contributed by atoms with Gasteiger partial charge in [0.15, 0.2) is 0 Å². The lowest BCUT2D eigenvalue weighted by Crippen LogP contribution is -2.47. The van der Waals surface area contributed by atoms with Gasteiger partial charge in [-0.25, -0.2) is 9.78 Å². The van der Waals surface area contributed by atoms with Crippen LogP contribution >= 0.6 is 11.8 Å². The summed E-state index contributed by atoms with van der Waals surface area (Å²) >= 11 is 1.99. The molecule has 3 heterocycles. The number of pyridine rings is 1. The fourth-order valence-electron chi connectivity index (χ4n) is 5.99. The van der Waals surface area contributed by atoms with E-state index < -0.39 is 6.16 Å². The van der Waals surface area contributed by atoms with Gasteiger partial charge in [-0.05, 0) is 87.4 Å². The molecule has 1 saturated heterocycles. The predicted octanol–water partition coefficient (Wildman–Crippen LogP) is 6.71. The van der Waals surface area contributed by atoms with Gasteiger partial charge in [0.05, 0.1) is 12.1 Å². The number of unbranched alkanes of at least 4 members (excludes halogenated alkanes) is 1. The van der Waals surface area contributed by atoms with Crippen LogP contribution in [-0.2, 0) is 11.2 Å². The number of hydrogen-bond acceptors (Lipinski definition) is 8. The molecule has 7 nitrogen and oxygen atoms in total. The van der Waals surface area contributed by atoms with Crippen molar-refractivity contribution in [3.63, 3.8) is 0 Å². The molecule has 0 unspecified atom stereocenters. The molecule has 2 aromatic carbocycles. The molecule has 0 radical (unpaired) electrons. The maximum atomic E-state index is 12.2. The first-order valence-corrected chi connectivity index (χ1v) is 15.8. The van der Waals surface area contributed by atoms with Gasteiger partial charge in [0, 0.05) is 60.0 Å². The second-order valence-corrected chi connectivity index (χ2v) is 12.1. The minimum atomic E-state index is -0.671. The number of aromatic nitrogens is 1. The van der Waals surface area contributed by atoms with E-state index in [4.69, 9.17) is 14.2 Å². The first kappa shape index (κ1) is 27.2. The summed E-state index contributed by atoms with van der Waals surface area (Å²) in [6, 6.07) is 16.3. The Morgan fingerprint density at radius 2 is 1.82 bits per heavy atom. The maximum absolute atomic E-state index is 12.2. The van der Waals surface area contributed by atoms with E-state index in [0.717, 1.165) is 87.9 Å². The highest BCUT2D eigenvalue weighted by Gasteiger charge is 2.23. The molecule has 1 saturated carbocycles. The van der Waals surface area contributed by atoms with Crippen LogP contribution < -0.4 is 14.4 Å². The van der Waals surface area contributed by atoms with Crippen molar-refractivity contribution in [1.82, 2.24) is 9.88 Å². The molecule has 8 heteroatoms. The van der Waals surface area contributed by atoms with E-state index in [1.165, 1.54) is 29.2 Å². The SMILES string of the molecule is O=C(Oc1ccc2ccc(OCCCCN3CCN(c4cccc5c4CCS5)CC3)cc2n1)OC1CCCCC1. The van der Waals surface area contributed by atoms with Crippen LogP contribution in [0.1, 0.15) is 50.5 Å². The number of nitrogens with zero attached hydrogens (tertiary/aromatic N) is 3. The van der Waals surface area contributed by atoms with Crippen LogP contribution in [-0.4, -0.2) is 67.2 Å². The Balaban J connectivity index is 0.920. The lowest BCUT2D eigenvalue weighted by atomic mass is 9.98. The molecular formula is C32H39N3O4S. The lowest BCUT2D eigenvalue weighted by molar-refractivity contribution is 0.0408. The average molecular weight is 562 g/mol. The summed E-state index contributed by atoms with van der Waals surface area (Å²) in [6.07, 6.45) is 7.83. The summed E-state index contributed by atoms with van der Waals surface area (Å²) in [5.41, 5.74) is 3.75. The van der Waals surface area contributed by atoms with Gasteiger partial charge >= 0.3 is 6.16 Å². The average Bonchev–Trinajstić information content (AvgIpc) is 3.47. The zero-order valence-corrected chi connectivity index (χ0v) is 24.0. The number of thioether (sulfide) groups is 1. The van der Waals surface area contributed by atoms with Crippen LogP contribution in [0, 0.1) is 0 Å². The number of fused-ring (bicyclic) bond motifs is 2. The minimum absolute atomic E-state index is 0.0413. The summed E-state index contributed by atoms with van der Waals surface area (Å²) in [6.45, 7) is 6.22. The Labute approximate surface area is 241 Å². The number of carbonyl (C=O) groups excluding carboxylic acids is 1. The molecule has 0 bridgehead atoms. The molecular weight excluding hydrogens is 522 g/mol. The zero-order valence-electron chi connectivity index (χ0n) is 23.2. The molecule has 0 N–H and O–H groups in total. The second kappa shape index (κ2) is 13.1. The second-order valence-electron chi connectivity index (χ2n) is 11.0. The Hall–Kier alpha value is -2.97.